The average molecular weight is 268 g/mol. The number of fused-ring (bicyclic) bond motifs is 1. The third-order valence-corrected chi connectivity index (χ3v) is 3.69. The molecular formula is C16H16N2O2. The van der Waals surface area contributed by atoms with Gasteiger partial charge in [0.25, 0.3) is 5.91 Å². The predicted molar refractivity (Wildman–Crippen MR) is 79.1 cm³/mol. The number of nitrogens with two attached hydrogens (primary N) is 1. The third kappa shape index (κ3) is 1.99. The molecule has 0 spiro atoms. The molecule has 3 rings (SSSR count). The summed E-state index contributed by atoms with van der Waals surface area (Å²) in [5.74, 6) is 0.122. The number of rotatable bonds is 1. The Balaban J connectivity index is 1.99. The number of carbonyl (C=O) groups excluding carboxylic acids is 1. The number of amides is 1. The molecule has 1 aliphatic rings. The van der Waals surface area contributed by atoms with Crippen LogP contribution in [0.4, 0.5) is 11.4 Å². The van der Waals surface area contributed by atoms with Gasteiger partial charge >= 0.3 is 0 Å². The first-order chi connectivity index (χ1) is 9.56. The summed E-state index contributed by atoms with van der Waals surface area (Å²) in [7, 11) is 0. The maximum absolute atomic E-state index is 12.7. The molecule has 0 radical (unpaired) electrons. The van der Waals surface area contributed by atoms with Crippen LogP contribution in [0.5, 0.6) is 5.75 Å². The van der Waals surface area contributed by atoms with Crippen LogP contribution in [0.1, 0.15) is 21.5 Å². The van der Waals surface area contributed by atoms with Gasteiger partial charge in [0.2, 0.25) is 0 Å². The van der Waals surface area contributed by atoms with Crippen molar-refractivity contribution in [2.75, 3.05) is 17.2 Å². The molecule has 0 atom stereocenters. The zero-order chi connectivity index (χ0) is 14.3. The minimum absolute atomic E-state index is 0.0492. The molecule has 1 heterocycles. The zero-order valence-corrected chi connectivity index (χ0v) is 11.3. The van der Waals surface area contributed by atoms with E-state index >= 15 is 0 Å². The van der Waals surface area contributed by atoms with Gasteiger partial charge in [0, 0.05) is 23.5 Å². The molecule has 1 aliphatic heterocycles. The zero-order valence-electron chi connectivity index (χ0n) is 11.3. The summed E-state index contributed by atoms with van der Waals surface area (Å²) in [6.07, 6.45) is 0.846. The molecule has 1 amide bonds. The van der Waals surface area contributed by atoms with Crippen molar-refractivity contribution in [3.8, 4) is 5.75 Å². The molecule has 0 bridgehead atoms. The summed E-state index contributed by atoms with van der Waals surface area (Å²) in [6, 6.07) is 10.5. The maximum Gasteiger partial charge on any atom is 0.258 e. The summed E-state index contributed by atoms with van der Waals surface area (Å²) in [5.41, 5.74) is 9.88. The van der Waals surface area contributed by atoms with Crippen molar-refractivity contribution < 1.29 is 9.90 Å². The fraction of sp³-hybridized carbons (Fsp3) is 0.188. The molecule has 0 aliphatic carbocycles. The van der Waals surface area contributed by atoms with Gasteiger partial charge in [-0.3, -0.25) is 4.79 Å². The van der Waals surface area contributed by atoms with Crippen molar-refractivity contribution in [2.45, 2.75) is 13.3 Å². The van der Waals surface area contributed by atoms with Gasteiger partial charge in [-0.15, -0.1) is 0 Å². The van der Waals surface area contributed by atoms with Gasteiger partial charge in [0.1, 0.15) is 5.75 Å². The number of hydrogen-bond donors (Lipinski definition) is 2. The largest absolute Gasteiger partial charge is 0.508 e. The number of anilines is 2. The molecule has 20 heavy (non-hydrogen) atoms. The molecule has 102 valence electrons. The predicted octanol–water partition coefficient (Wildman–Crippen LogP) is 2.49. The first-order valence-electron chi connectivity index (χ1n) is 6.56. The highest BCUT2D eigenvalue weighted by Gasteiger charge is 2.26. The number of phenolic OH excluding ortho intramolecular Hbond substituents is 1. The molecule has 0 fully saturated rings. The lowest BCUT2D eigenvalue weighted by Gasteiger charge is -2.19. The Hall–Kier alpha value is -2.49. The highest BCUT2D eigenvalue weighted by Crippen LogP contribution is 2.31. The van der Waals surface area contributed by atoms with E-state index in [0.29, 0.717) is 17.8 Å². The van der Waals surface area contributed by atoms with Crippen LogP contribution in [0.15, 0.2) is 36.4 Å². The molecular weight excluding hydrogens is 252 g/mol. The van der Waals surface area contributed by atoms with Crippen LogP contribution in [0.25, 0.3) is 0 Å². The molecule has 2 aromatic rings. The second kappa shape index (κ2) is 4.56. The summed E-state index contributed by atoms with van der Waals surface area (Å²) < 4.78 is 0. The fourth-order valence-electron chi connectivity index (χ4n) is 2.64. The van der Waals surface area contributed by atoms with E-state index in [0.717, 1.165) is 23.2 Å². The number of carbonyl (C=O) groups is 1. The summed E-state index contributed by atoms with van der Waals surface area (Å²) in [6.45, 7) is 2.49. The van der Waals surface area contributed by atoms with Crippen LogP contribution < -0.4 is 10.6 Å². The lowest BCUT2D eigenvalue weighted by molar-refractivity contribution is 0.0989. The number of benzene rings is 2. The van der Waals surface area contributed by atoms with Crippen molar-refractivity contribution in [1.82, 2.24) is 0 Å². The summed E-state index contributed by atoms with van der Waals surface area (Å²) >= 11 is 0. The van der Waals surface area contributed by atoms with Gasteiger partial charge in [-0.25, -0.2) is 0 Å². The second-order valence-corrected chi connectivity index (χ2v) is 5.09. The van der Waals surface area contributed by atoms with Crippen molar-refractivity contribution in [2.24, 2.45) is 0 Å². The lowest BCUT2D eigenvalue weighted by Crippen LogP contribution is -2.29. The van der Waals surface area contributed by atoms with Crippen molar-refractivity contribution in [3.63, 3.8) is 0 Å². The van der Waals surface area contributed by atoms with E-state index < -0.39 is 0 Å². The molecule has 4 heteroatoms. The Morgan fingerprint density at radius 3 is 2.80 bits per heavy atom. The topological polar surface area (TPSA) is 66.6 Å². The van der Waals surface area contributed by atoms with E-state index in [1.807, 2.05) is 25.1 Å². The number of hydrogen-bond acceptors (Lipinski definition) is 3. The van der Waals surface area contributed by atoms with Crippen LogP contribution in [0.2, 0.25) is 0 Å². The minimum atomic E-state index is -0.0492. The first-order valence-corrected chi connectivity index (χ1v) is 6.56. The average Bonchev–Trinajstić information content (AvgIpc) is 2.81. The summed E-state index contributed by atoms with van der Waals surface area (Å²) in [5, 5.41) is 9.44. The monoisotopic (exact) mass is 268 g/mol. The second-order valence-electron chi connectivity index (χ2n) is 5.09. The Kier molecular flexibility index (Phi) is 2.86. The minimum Gasteiger partial charge on any atom is -0.508 e. The first kappa shape index (κ1) is 12.5. The molecule has 2 aromatic carbocycles. The highest BCUT2D eigenvalue weighted by molar-refractivity contribution is 6.08. The van der Waals surface area contributed by atoms with Crippen molar-refractivity contribution in [3.05, 3.63) is 53.1 Å². The van der Waals surface area contributed by atoms with Gasteiger partial charge in [-0.05, 0) is 54.8 Å². The number of nitrogens with zero attached hydrogens (tertiary/aromatic N) is 1. The van der Waals surface area contributed by atoms with E-state index in [4.69, 9.17) is 5.73 Å². The molecule has 0 saturated carbocycles. The van der Waals surface area contributed by atoms with E-state index in [1.54, 1.807) is 17.0 Å². The van der Waals surface area contributed by atoms with Gasteiger partial charge in [0.05, 0.1) is 0 Å². The quantitative estimate of drug-likeness (QED) is 0.781. The van der Waals surface area contributed by atoms with E-state index in [1.165, 1.54) is 6.07 Å². The number of aromatic hydroxyl groups is 1. The standard InChI is InChI=1S/C16H16N2O2/c1-10-8-13(19)4-5-14(10)16(20)18-7-6-11-2-3-12(17)9-15(11)18/h2-5,8-9,19H,6-7,17H2,1H3. The Bertz CT molecular complexity index is 695. The highest BCUT2D eigenvalue weighted by atomic mass is 16.3. The normalized spacial score (nSPS) is 13.3. The van der Waals surface area contributed by atoms with Crippen LogP contribution in [0.3, 0.4) is 0 Å². The molecule has 0 saturated heterocycles. The number of phenols is 1. The fourth-order valence-corrected chi connectivity index (χ4v) is 2.64. The number of aryl methyl sites for hydroxylation is 1. The van der Waals surface area contributed by atoms with Crippen LogP contribution >= 0.6 is 0 Å². The maximum atomic E-state index is 12.7. The molecule has 4 nitrogen and oxygen atoms in total. The molecule has 0 unspecified atom stereocenters. The number of nitrogen functional groups attached to an aromatic ring is 1. The molecule has 0 aromatic heterocycles. The van der Waals surface area contributed by atoms with Crippen molar-refractivity contribution in [1.29, 1.82) is 0 Å². The van der Waals surface area contributed by atoms with Gasteiger partial charge in [-0.2, -0.15) is 0 Å². The SMILES string of the molecule is Cc1cc(O)ccc1C(=O)N1CCc2ccc(N)cc21. The van der Waals surface area contributed by atoms with Gasteiger partial charge in [0.15, 0.2) is 0 Å². The third-order valence-electron chi connectivity index (χ3n) is 3.69. The molecule has 3 N–H and O–H groups in total. The Morgan fingerprint density at radius 2 is 2.05 bits per heavy atom. The van der Waals surface area contributed by atoms with Gasteiger partial charge < -0.3 is 15.7 Å². The van der Waals surface area contributed by atoms with Crippen LogP contribution in [-0.4, -0.2) is 17.6 Å². The van der Waals surface area contributed by atoms with Crippen molar-refractivity contribution >= 4 is 17.3 Å². The Morgan fingerprint density at radius 1 is 1.25 bits per heavy atom. The Labute approximate surface area is 117 Å². The lowest BCUT2D eigenvalue weighted by atomic mass is 10.1. The summed E-state index contributed by atoms with van der Waals surface area (Å²) in [4.78, 5) is 14.4. The van der Waals surface area contributed by atoms with E-state index in [9.17, 15) is 9.90 Å². The smallest absolute Gasteiger partial charge is 0.258 e. The van der Waals surface area contributed by atoms with E-state index in [-0.39, 0.29) is 11.7 Å². The van der Waals surface area contributed by atoms with Gasteiger partial charge in [-0.1, -0.05) is 6.07 Å². The van der Waals surface area contributed by atoms with Crippen LogP contribution in [0, 0.1) is 6.92 Å². The van der Waals surface area contributed by atoms with Crippen LogP contribution in [-0.2, 0) is 6.42 Å². The van der Waals surface area contributed by atoms with E-state index in [2.05, 4.69) is 0 Å².